The molecule has 1 atom stereocenters. The number of hydrogen-bond donors (Lipinski definition) is 1. The second-order valence-corrected chi connectivity index (χ2v) is 9.37. The number of nitrogens with zero attached hydrogens (tertiary/aromatic N) is 4. The van der Waals surface area contributed by atoms with Crippen LogP contribution in [0.2, 0.25) is 0 Å². The lowest BCUT2D eigenvalue weighted by atomic mass is 9.76. The lowest BCUT2D eigenvalue weighted by Gasteiger charge is -2.52. The van der Waals surface area contributed by atoms with E-state index >= 15 is 0 Å². The summed E-state index contributed by atoms with van der Waals surface area (Å²) in [7, 11) is 0. The number of H-pyrrole nitrogens is 1. The molecule has 1 aliphatic carbocycles. The number of likely N-dealkylation sites (tertiary alicyclic amines) is 2. The van der Waals surface area contributed by atoms with Crippen molar-refractivity contribution >= 4 is 11.8 Å². The van der Waals surface area contributed by atoms with E-state index in [9.17, 15) is 9.59 Å². The zero-order valence-electron chi connectivity index (χ0n) is 17.5. The van der Waals surface area contributed by atoms with Crippen LogP contribution < -0.4 is 0 Å². The Morgan fingerprint density at radius 1 is 1.10 bits per heavy atom. The molecule has 4 aliphatic rings. The van der Waals surface area contributed by atoms with E-state index in [1.807, 2.05) is 4.90 Å². The van der Waals surface area contributed by atoms with Gasteiger partial charge in [0.05, 0.1) is 23.6 Å². The van der Waals surface area contributed by atoms with Gasteiger partial charge in [-0.1, -0.05) is 6.42 Å². The molecule has 0 unspecified atom stereocenters. The van der Waals surface area contributed by atoms with Gasteiger partial charge < -0.3 is 14.8 Å². The first-order chi connectivity index (χ1) is 14.1. The van der Waals surface area contributed by atoms with Gasteiger partial charge in [-0.25, -0.2) is 4.98 Å². The number of fused-ring (bicyclic) bond motifs is 2. The molecule has 1 spiro atoms. The molecule has 3 aliphatic heterocycles. The summed E-state index contributed by atoms with van der Waals surface area (Å²) >= 11 is 0. The molecule has 7 heteroatoms. The highest BCUT2D eigenvalue weighted by atomic mass is 16.2. The number of amides is 2. The average Bonchev–Trinajstić information content (AvgIpc) is 3.38. The highest BCUT2D eigenvalue weighted by Crippen LogP contribution is 2.44. The highest BCUT2D eigenvalue weighted by Gasteiger charge is 2.50. The predicted molar refractivity (Wildman–Crippen MR) is 109 cm³/mol. The van der Waals surface area contributed by atoms with Gasteiger partial charge in [-0.3, -0.25) is 14.5 Å². The standard InChI is InChI=1S/C22H33N5O2/c1-16(25-10-2-3-11-25)20(28)26-13-8-22(9-14-26)19-18(23-15-24-19)7-12-27(22)21(29)17-5-4-6-17/h15-17H,2-14H2,1H3,(H,23,24)/t16-/m1/s1. The third kappa shape index (κ3) is 3.09. The molecule has 2 saturated heterocycles. The first-order valence-electron chi connectivity index (χ1n) is 11.5. The Labute approximate surface area is 172 Å². The fraction of sp³-hybridized carbons (Fsp3) is 0.773. The number of aromatic nitrogens is 2. The summed E-state index contributed by atoms with van der Waals surface area (Å²) < 4.78 is 0. The Morgan fingerprint density at radius 3 is 2.48 bits per heavy atom. The zero-order valence-corrected chi connectivity index (χ0v) is 17.5. The summed E-state index contributed by atoms with van der Waals surface area (Å²) in [4.78, 5) is 40.9. The Morgan fingerprint density at radius 2 is 1.83 bits per heavy atom. The van der Waals surface area contributed by atoms with E-state index in [1.165, 1.54) is 25.0 Å². The summed E-state index contributed by atoms with van der Waals surface area (Å²) in [5, 5.41) is 0. The molecule has 3 fully saturated rings. The zero-order chi connectivity index (χ0) is 20.0. The molecular formula is C22H33N5O2. The van der Waals surface area contributed by atoms with Crippen LogP contribution in [-0.2, 0) is 21.5 Å². The summed E-state index contributed by atoms with van der Waals surface area (Å²) in [6.07, 6.45) is 9.82. The van der Waals surface area contributed by atoms with Crippen LogP contribution in [0.15, 0.2) is 6.33 Å². The maximum absolute atomic E-state index is 13.3. The number of nitrogens with one attached hydrogen (secondary N) is 1. The Kier molecular flexibility index (Phi) is 4.88. The molecule has 0 bridgehead atoms. The van der Waals surface area contributed by atoms with Crippen LogP contribution in [0.5, 0.6) is 0 Å². The molecule has 5 rings (SSSR count). The lowest BCUT2D eigenvalue weighted by Crippen LogP contribution is -2.61. The van der Waals surface area contributed by atoms with Gasteiger partial charge in [0, 0.05) is 37.7 Å². The number of hydrogen-bond acceptors (Lipinski definition) is 4. The van der Waals surface area contributed by atoms with Crippen LogP contribution in [0, 0.1) is 5.92 Å². The molecule has 1 aromatic rings. The predicted octanol–water partition coefficient (Wildman–Crippen LogP) is 1.90. The van der Waals surface area contributed by atoms with Crippen molar-refractivity contribution in [1.29, 1.82) is 0 Å². The van der Waals surface area contributed by atoms with E-state index in [0.717, 1.165) is 57.4 Å². The van der Waals surface area contributed by atoms with Crippen LogP contribution in [0.25, 0.3) is 0 Å². The van der Waals surface area contributed by atoms with Gasteiger partial charge >= 0.3 is 0 Å². The van der Waals surface area contributed by atoms with Crippen molar-refractivity contribution in [2.75, 3.05) is 32.7 Å². The number of rotatable bonds is 3. The number of carbonyl (C=O) groups is 2. The van der Waals surface area contributed by atoms with Gasteiger partial charge in [-0.15, -0.1) is 0 Å². The van der Waals surface area contributed by atoms with Crippen LogP contribution in [0.3, 0.4) is 0 Å². The molecule has 2 amide bonds. The van der Waals surface area contributed by atoms with Gasteiger partial charge in [0.15, 0.2) is 0 Å². The van der Waals surface area contributed by atoms with Crippen molar-refractivity contribution in [2.45, 2.75) is 69.9 Å². The van der Waals surface area contributed by atoms with Crippen molar-refractivity contribution in [3.8, 4) is 0 Å². The first kappa shape index (κ1) is 19.1. The van der Waals surface area contributed by atoms with Gasteiger partial charge in [0.1, 0.15) is 0 Å². The van der Waals surface area contributed by atoms with Gasteiger partial charge in [-0.05, 0) is 58.5 Å². The van der Waals surface area contributed by atoms with Crippen LogP contribution >= 0.6 is 0 Å². The SMILES string of the molecule is C[C@H](C(=O)N1CCC2(CC1)c1nc[nH]c1CCN2C(=O)C1CCC1)N1CCCC1. The molecule has 29 heavy (non-hydrogen) atoms. The number of imidazole rings is 1. The number of carbonyl (C=O) groups excluding carboxylic acids is 2. The monoisotopic (exact) mass is 399 g/mol. The smallest absolute Gasteiger partial charge is 0.239 e. The minimum atomic E-state index is -0.339. The van der Waals surface area contributed by atoms with Gasteiger partial charge in [0.2, 0.25) is 11.8 Å². The Balaban J connectivity index is 1.35. The van der Waals surface area contributed by atoms with Crippen LogP contribution in [0.1, 0.15) is 63.3 Å². The maximum atomic E-state index is 13.3. The molecule has 1 saturated carbocycles. The molecule has 1 aromatic heterocycles. The second-order valence-electron chi connectivity index (χ2n) is 9.37. The van der Waals surface area contributed by atoms with E-state index in [0.29, 0.717) is 19.0 Å². The minimum Gasteiger partial charge on any atom is -0.348 e. The summed E-state index contributed by atoms with van der Waals surface area (Å²) in [6, 6.07) is -0.0356. The van der Waals surface area contributed by atoms with Crippen molar-refractivity contribution in [2.24, 2.45) is 5.92 Å². The quantitative estimate of drug-likeness (QED) is 0.843. The van der Waals surface area contributed by atoms with E-state index in [-0.39, 0.29) is 23.4 Å². The molecule has 0 aromatic carbocycles. The molecule has 7 nitrogen and oxygen atoms in total. The van der Waals surface area contributed by atoms with Gasteiger partial charge in [0.25, 0.3) is 0 Å². The fourth-order valence-electron chi connectivity index (χ4n) is 5.83. The van der Waals surface area contributed by atoms with E-state index < -0.39 is 0 Å². The summed E-state index contributed by atoms with van der Waals surface area (Å²) in [5.74, 6) is 0.758. The first-order valence-corrected chi connectivity index (χ1v) is 11.5. The fourth-order valence-corrected chi connectivity index (χ4v) is 5.83. The molecule has 1 N–H and O–H groups in total. The van der Waals surface area contributed by atoms with E-state index in [1.54, 1.807) is 6.33 Å². The number of piperidine rings is 1. The normalized spacial score (nSPS) is 25.7. The van der Waals surface area contributed by atoms with Crippen molar-refractivity contribution < 1.29 is 9.59 Å². The van der Waals surface area contributed by atoms with Crippen LogP contribution in [0.4, 0.5) is 0 Å². The average molecular weight is 400 g/mol. The molecule has 4 heterocycles. The largest absolute Gasteiger partial charge is 0.348 e. The lowest BCUT2D eigenvalue weighted by molar-refractivity contribution is -0.151. The third-order valence-electron chi connectivity index (χ3n) is 7.93. The van der Waals surface area contributed by atoms with E-state index in [2.05, 4.69) is 26.7 Å². The van der Waals surface area contributed by atoms with Crippen molar-refractivity contribution in [1.82, 2.24) is 24.7 Å². The number of aromatic amines is 1. The highest BCUT2D eigenvalue weighted by molar-refractivity contribution is 5.82. The third-order valence-corrected chi connectivity index (χ3v) is 7.93. The topological polar surface area (TPSA) is 72.5 Å². The molecule has 0 radical (unpaired) electrons. The maximum Gasteiger partial charge on any atom is 0.239 e. The Hall–Kier alpha value is -1.89. The minimum absolute atomic E-state index is 0.0356. The summed E-state index contributed by atoms with van der Waals surface area (Å²) in [5.41, 5.74) is 1.89. The van der Waals surface area contributed by atoms with E-state index in [4.69, 9.17) is 0 Å². The second kappa shape index (κ2) is 7.42. The molecule has 158 valence electrons. The van der Waals surface area contributed by atoms with Crippen LogP contribution in [-0.4, -0.2) is 75.2 Å². The van der Waals surface area contributed by atoms with Crippen molar-refractivity contribution in [3.63, 3.8) is 0 Å². The van der Waals surface area contributed by atoms with Crippen molar-refractivity contribution in [3.05, 3.63) is 17.7 Å². The Bertz CT molecular complexity index is 772. The summed E-state index contributed by atoms with van der Waals surface area (Å²) in [6.45, 7) is 6.30. The van der Waals surface area contributed by atoms with Gasteiger partial charge in [-0.2, -0.15) is 0 Å². The molecular weight excluding hydrogens is 366 g/mol.